The number of nitrogens with one attached hydrogen (secondary N) is 2. The summed E-state index contributed by atoms with van der Waals surface area (Å²) in [5.74, 6) is 0.332. The highest BCUT2D eigenvalue weighted by molar-refractivity contribution is 7.99. The molecule has 0 aliphatic rings. The van der Waals surface area contributed by atoms with Crippen LogP contribution in [0.4, 0.5) is 10.1 Å². The lowest BCUT2D eigenvalue weighted by molar-refractivity contribution is -0.113. The molecule has 204 valence electrons. The summed E-state index contributed by atoms with van der Waals surface area (Å²) in [5.41, 5.74) is 2.91. The van der Waals surface area contributed by atoms with Crippen molar-refractivity contribution in [3.05, 3.63) is 89.1 Å². The first-order valence-corrected chi connectivity index (χ1v) is 13.1. The summed E-state index contributed by atoms with van der Waals surface area (Å²) in [6, 6.07) is 18.3. The summed E-state index contributed by atoms with van der Waals surface area (Å²) in [6.07, 6.45) is 1.73. The fourth-order valence-corrected chi connectivity index (χ4v) is 5.08. The Hall–Kier alpha value is -4.77. The molecule has 0 saturated carbocycles. The number of methoxy groups -OCH3 is 3. The SMILES string of the molecule is COc1cc(NC(=O)CSc2nc3c(-c4ccccc4)c[nH]c3c(=O)n2-c2ccc(F)cc2)cc(OC)c1OC. The van der Waals surface area contributed by atoms with Gasteiger partial charge in [0.05, 0.1) is 32.8 Å². The Morgan fingerprint density at radius 3 is 2.30 bits per heavy atom. The standard InChI is InChI=1S/C29H25FN4O5S/c1-37-22-13-19(14-23(38-2)27(22)39-3)32-24(35)16-40-29-33-25-21(17-7-5-4-6-8-17)15-31-26(25)28(36)34(29)20-11-9-18(30)10-12-20/h4-15,31H,16H2,1-3H3,(H,32,35). The predicted octanol–water partition coefficient (Wildman–Crippen LogP) is 5.28. The van der Waals surface area contributed by atoms with Crippen molar-refractivity contribution in [3.63, 3.8) is 0 Å². The number of benzene rings is 3. The van der Waals surface area contributed by atoms with Crippen molar-refractivity contribution < 1.29 is 23.4 Å². The van der Waals surface area contributed by atoms with Crippen LogP contribution in [0.15, 0.2) is 82.9 Å². The highest BCUT2D eigenvalue weighted by atomic mass is 32.2. The van der Waals surface area contributed by atoms with E-state index in [9.17, 15) is 14.0 Å². The fraction of sp³-hybridized carbons (Fsp3) is 0.138. The van der Waals surface area contributed by atoms with Crippen LogP contribution in [0.1, 0.15) is 0 Å². The first-order valence-electron chi connectivity index (χ1n) is 12.1. The van der Waals surface area contributed by atoms with Gasteiger partial charge in [0, 0.05) is 29.6 Å². The number of hydrogen-bond donors (Lipinski definition) is 2. The van der Waals surface area contributed by atoms with Gasteiger partial charge in [-0.25, -0.2) is 9.37 Å². The normalized spacial score (nSPS) is 10.9. The van der Waals surface area contributed by atoms with Crippen LogP contribution >= 0.6 is 11.8 Å². The van der Waals surface area contributed by atoms with Crippen LogP contribution in [0.2, 0.25) is 0 Å². The molecule has 0 atom stereocenters. The van der Waals surface area contributed by atoms with Gasteiger partial charge in [-0.2, -0.15) is 0 Å². The molecule has 9 nitrogen and oxygen atoms in total. The van der Waals surface area contributed by atoms with E-state index >= 15 is 0 Å². The largest absolute Gasteiger partial charge is 0.493 e. The minimum Gasteiger partial charge on any atom is -0.493 e. The van der Waals surface area contributed by atoms with Gasteiger partial charge in [-0.15, -0.1) is 0 Å². The van der Waals surface area contributed by atoms with Crippen molar-refractivity contribution in [2.24, 2.45) is 0 Å². The second kappa shape index (κ2) is 11.5. The zero-order chi connectivity index (χ0) is 28.2. The summed E-state index contributed by atoms with van der Waals surface area (Å²) in [4.78, 5) is 34.5. The third-order valence-corrected chi connectivity index (χ3v) is 7.06. The quantitative estimate of drug-likeness (QED) is 0.187. The smallest absolute Gasteiger partial charge is 0.283 e. The Morgan fingerprint density at radius 2 is 1.68 bits per heavy atom. The molecule has 1 amide bonds. The van der Waals surface area contributed by atoms with E-state index in [1.54, 1.807) is 18.3 Å². The number of thioether (sulfide) groups is 1. The molecule has 3 aromatic carbocycles. The van der Waals surface area contributed by atoms with Crippen molar-refractivity contribution in [1.82, 2.24) is 14.5 Å². The van der Waals surface area contributed by atoms with E-state index in [0.29, 0.717) is 39.7 Å². The average molecular weight is 561 g/mol. The van der Waals surface area contributed by atoms with Gasteiger partial charge in [0.1, 0.15) is 16.9 Å². The van der Waals surface area contributed by atoms with Gasteiger partial charge < -0.3 is 24.5 Å². The van der Waals surface area contributed by atoms with Gasteiger partial charge in [-0.1, -0.05) is 42.1 Å². The van der Waals surface area contributed by atoms with Gasteiger partial charge in [-0.3, -0.25) is 14.2 Å². The summed E-state index contributed by atoms with van der Waals surface area (Å²) in [6.45, 7) is 0. The number of H-pyrrole nitrogens is 1. The number of anilines is 1. The Labute approximate surface area is 232 Å². The van der Waals surface area contributed by atoms with Gasteiger partial charge in [0.2, 0.25) is 11.7 Å². The number of halogens is 1. The van der Waals surface area contributed by atoms with Crippen LogP contribution in [0.3, 0.4) is 0 Å². The van der Waals surface area contributed by atoms with Crippen molar-refractivity contribution >= 4 is 34.4 Å². The maximum atomic E-state index is 13.7. The Bertz CT molecular complexity index is 1710. The highest BCUT2D eigenvalue weighted by Gasteiger charge is 2.20. The number of amides is 1. The molecule has 0 aliphatic heterocycles. The van der Waals surface area contributed by atoms with Gasteiger partial charge >= 0.3 is 0 Å². The zero-order valence-corrected chi connectivity index (χ0v) is 22.7. The molecule has 0 radical (unpaired) electrons. The number of carbonyl (C=O) groups excluding carboxylic acids is 1. The van der Waals surface area contributed by atoms with E-state index in [2.05, 4.69) is 10.3 Å². The maximum Gasteiger partial charge on any atom is 0.283 e. The lowest BCUT2D eigenvalue weighted by atomic mass is 10.1. The van der Waals surface area contributed by atoms with E-state index in [1.807, 2.05) is 30.3 Å². The van der Waals surface area contributed by atoms with Crippen molar-refractivity contribution in [2.45, 2.75) is 5.16 Å². The van der Waals surface area contributed by atoms with Gasteiger partial charge in [-0.05, 0) is 29.8 Å². The summed E-state index contributed by atoms with van der Waals surface area (Å²) in [7, 11) is 4.47. The number of aromatic amines is 1. The van der Waals surface area contributed by atoms with Crippen LogP contribution in [-0.4, -0.2) is 47.5 Å². The number of hydrogen-bond acceptors (Lipinski definition) is 7. The molecule has 0 spiro atoms. The molecular weight excluding hydrogens is 535 g/mol. The molecule has 11 heteroatoms. The van der Waals surface area contributed by atoms with Crippen molar-refractivity contribution in [3.8, 4) is 34.1 Å². The molecule has 5 aromatic rings. The van der Waals surface area contributed by atoms with Crippen LogP contribution < -0.4 is 25.1 Å². The Kier molecular flexibility index (Phi) is 7.74. The van der Waals surface area contributed by atoms with E-state index in [-0.39, 0.29) is 22.4 Å². The number of rotatable bonds is 9. The lowest BCUT2D eigenvalue weighted by Crippen LogP contribution is -2.23. The van der Waals surface area contributed by atoms with Crippen molar-refractivity contribution in [1.29, 1.82) is 0 Å². The second-order valence-electron chi connectivity index (χ2n) is 8.55. The fourth-order valence-electron chi connectivity index (χ4n) is 4.27. The number of nitrogens with zero attached hydrogens (tertiary/aromatic N) is 2. The number of fused-ring (bicyclic) bond motifs is 1. The lowest BCUT2D eigenvalue weighted by Gasteiger charge is -2.15. The van der Waals surface area contributed by atoms with Crippen LogP contribution in [0, 0.1) is 5.82 Å². The van der Waals surface area contributed by atoms with Gasteiger partial charge in [0.25, 0.3) is 5.56 Å². The molecule has 2 heterocycles. The Morgan fingerprint density at radius 1 is 1.00 bits per heavy atom. The molecule has 5 rings (SSSR count). The minimum absolute atomic E-state index is 0.0686. The molecule has 40 heavy (non-hydrogen) atoms. The molecule has 0 bridgehead atoms. The topological polar surface area (TPSA) is 107 Å². The average Bonchev–Trinajstić information content (AvgIpc) is 3.41. The van der Waals surface area contributed by atoms with Crippen molar-refractivity contribution in [2.75, 3.05) is 32.4 Å². The second-order valence-corrected chi connectivity index (χ2v) is 9.50. The maximum absolute atomic E-state index is 13.7. The highest BCUT2D eigenvalue weighted by Crippen LogP contribution is 2.40. The van der Waals surface area contributed by atoms with Crippen LogP contribution in [0.25, 0.3) is 27.8 Å². The van der Waals surface area contributed by atoms with E-state index in [1.165, 1.54) is 50.2 Å². The number of ether oxygens (including phenoxy) is 3. The van der Waals surface area contributed by atoms with Crippen LogP contribution in [0.5, 0.6) is 17.2 Å². The summed E-state index contributed by atoms with van der Waals surface area (Å²) < 4.78 is 31.1. The molecule has 2 N–H and O–H groups in total. The van der Waals surface area contributed by atoms with Gasteiger partial charge in [0.15, 0.2) is 16.7 Å². The molecule has 0 saturated heterocycles. The minimum atomic E-state index is -0.434. The Balaban J connectivity index is 1.50. The van der Waals surface area contributed by atoms with E-state index < -0.39 is 5.82 Å². The summed E-state index contributed by atoms with van der Waals surface area (Å²) >= 11 is 1.08. The first kappa shape index (κ1) is 26.8. The molecule has 2 aromatic heterocycles. The molecular formula is C29H25FN4O5S. The predicted molar refractivity (Wildman–Crippen MR) is 153 cm³/mol. The third-order valence-electron chi connectivity index (χ3n) is 6.12. The number of aromatic nitrogens is 3. The molecule has 0 aliphatic carbocycles. The van der Waals surface area contributed by atoms with E-state index in [4.69, 9.17) is 19.2 Å². The first-order chi connectivity index (χ1) is 19.4. The molecule has 0 unspecified atom stereocenters. The zero-order valence-electron chi connectivity index (χ0n) is 21.9. The molecule has 0 fully saturated rings. The van der Waals surface area contributed by atoms with E-state index in [0.717, 1.165) is 22.9 Å². The number of carbonyl (C=O) groups is 1. The van der Waals surface area contributed by atoms with Crippen LogP contribution in [-0.2, 0) is 4.79 Å². The summed E-state index contributed by atoms with van der Waals surface area (Å²) in [5, 5.41) is 3.10. The third kappa shape index (κ3) is 5.23. The monoisotopic (exact) mass is 560 g/mol.